The third-order valence-corrected chi connectivity index (χ3v) is 8.99. The third kappa shape index (κ3) is 8.11. The average Bonchev–Trinajstić information content (AvgIpc) is 3.78. The Morgan fingerprint density at radius 3 is 2.23 bits per heavy atom. The first-order valence-corrected chi connectivity index (χ1v) is 17.2. The maximum atomic E-state index is 13.0. The molecule has 1 unspecified atom stereocenters. The lowest BCUT2D eigenvalue weighted by atomic mass is 9.80. The number of fused-ring (bicyclic) bond motifs is 1. The van der Waals surface area contributed by atoms with Gasteiger partial charge in [0.1, 0.15) is 17.8 Å². The minimum absolute atomic E-state index is 0.0115. The molecule has 11 nitrogen and oxygen atoms in total. The van der Waals surface area contributed by atoms with Crippen molar-refractivity contribution in [2.45, 2.75) is 103 Å². The van der Waals surface area contributed by atoms with Crippen LogP contribution in [0.4, 0.5) is 14.4 Å². The molecule has 1 N–H and O–H groups in total. The summed E-state index contributed by atoms with van der Waals surface area (Å²) in [6.07, 6.45) is 2.17. The molecule has 1 saturated heterocycles. The Morgan fingerprint density at radius 1 is 0.938 bits per heavy atom. The number of aromatic nitrogens is 2. The van der Waals surface area contributed by atoms with Crippen LogP contribution >= 0.6 is 0 Å². The van der Waals surface area contributed by atoms with Gasteiger partial charge in [-0.3, -0.25) is 4.68 Å². The van der Waals surface area contributed by atoms with Gasteiger partial charge >= 0.3 is 18.3 Å². The predicted octanol–water partition coefficient (Wildman–Crippen LogP) is 7.32. The van der Waals surface area contributed by atoms with E-state index in [4.69, 9.17) is 19.3 Å². The average molecular weight is 660 g/mol. The molecule has 1 atom stereocenters. The molecule has 11 heteroatoms. The molecule has 2 aromatic carbocycles. The van der Waals surface area contributed by atoms with Crippen molar-refractivity contribution in [1.29, 1.82) is 0 Å². The molecular weight excluding hydrogens is 610 g/mol. The summed E-state index contributed by atoms with van der Waals surface area (Å²) in [6.45, 7) is 13.0. The molecule has 2 saturated carbocycles. The van der Waals surface area contributed by atoms with E-state index in [-0.39, 0.29) is 37.2 Å². The second-order valence-corrected chi connectivity index (χ2v) is 15.4. The third-order valence-electron chi connectivity index (χ3n) is 8.99. The quantitative estimate of drug-likeness (QED) is 0.263. The summed E-state index contributed by atoms with van der Waals surface area (Å²) in [4.78, 5) is 41.9. The van der Waals surface area contributed by atoms with Gasteiger partial charge in [0.15, 0.2) is 0 Å². The Balaban J connectivity index is 1.13. The lowest BCUT2D eigenvalue weighted by Crippen LogP contribution is -2.48. The zero-order chi connectivity index (χ0) is 34.2. The van der Waals surface area contributed by atoms with Gasteiger partial charge in [-0.05, 0) is 96.4 Å². The Kier molecular flexibility index (Phi) is 9.44. The van der Waals surface area contributed by atoms with E-state index in [1.54, 1.807) is 46.4 Å². The fraction of sp³-hybridized carbons (Fsp3) is 0.568. The Labute approximate surface area is 282 Å². The van der Waals surface area contributed by atoms with Crippen LogP contribution in [-0.4, -0.2) is 75.2 Å². The van der Waals surface area contributed by atoms with E-state index in [2.05, 4.69) is 28.2 Å². The van der Waals surface area contributed by atoms with Gasteiger partial charge in [-0.1, -0.05) is 36.4 Å². The number of hydrogen-bond acceptors (Lipinski definition) is 8. The Morgan fingerprint density at radius 2 is 1.60 bits per heavy atom. The number of carbonyl (C=O) groups is 3. The van der Waals surface area contributed by atoms with Gasteiger partial charge < -0.3 is 24.4 Å². The van der Waals surface area contributed by atoms with Gasteiger partial charge in [0.05, 0.1) is 23.3 Å². The molecule has 48 heavy (non-hydrogen) atoms. The topological polar surface area (TPSA) is 115 Å². The van der Waals surface area contributed by atoms with Crippen molar-refractivity contribution in [2.24, 2.45) is 5.92 Å². The van der Waals surface area contributed by atoms with Gasteiger partial charge in [0.25, 0.3) is 0 Å². The predicted molar refractivity (Wildman–Crippen MR) is 182 cm³/mol. The van der Waals surface area contributed by atoms with Crippen LogP contribution < -0.4 is 5.32 Å². The summed E-state index contributed by atoms with van der Waals surface area (Å²) in [7, 11) is 0. The number of benzene rings is 2. The summed E-state index contributed by atoms with van der Waals surface area (Å²) < 4.78 is 18.9. The molecular formula is C37H49N5O6. The second-order valence-electron chi connectivity index (χ2n) is 15.4. The number of rotatable bonds is 7. The van der Waals surface area contributed by atoms with Gasteiger partial charge in [0.2, 0.25) is 0 Å². The maximum Gasteiger partial charge on any atom is 0.419 e. The van der Waals surface area contributed by atoms with E-state index in [9.17, 15) is 14.4 Å². The van der Waals surface area contributed by atoms with Crippen LogP contribution in [0.2, 0.25) is 0 Å². The van der Waals surface area contributed by atoms with Crippen LogP contribution in [0, 0.1) is 5.92 Å². The number of hydrogen-bond donors (Lipinski definition) is 1. The lowest BCUT2D eigenvalue weighted by molar-refractivity contribution is -0.00632. The highest BCUT2D eigenvalue weighted by molar-refractivity contribution is 5.88. The SMILES string of the molecule is CC(C)(C)OC(=O)N(CC1CC(n2nc(C3CC3)c3cc(C4CN(C(=O)OCc5ccccc5)CCN4)ccc32)C1)C(=O)OC(C)(C)C. The molecule has 0 bridgehead atoms. The van der Waals surface area contributed by atoms with Crippen LogP contribution in [0.1, 0.15) is 102 Å². The number of imide groups is 1. The van der Waals surface area contributed by atoms with E-state index in [1.807, 2.05) is 30.3 Å². The molecule has 0 radical (unpaired) electrons. The maximum absolute atomic E-state index is 13.0. The molecule has 2 aliphatic carbocycles. The smallest absolute Gasteiger partial charge is 0.419 e. The summed E-state index contributed by atoms with van der Waals surface area (Å²) in [5.41, 5.74) is 2.85. The minimum Gasteiger partial charge on any atom is -0.445 e. The summed E-state index contributed by atoms with van der Waals surface area (Å²) in [5, 5.41) is 9.90. The van der Waals surface area contributed by atoms with Crippen molar-refractivity contribution in [3.63, 3.8) is 0 Å². The van der Waals surface area contributed by atoms with Gasteiger partial charge in [0, 0.05) is 37.5 Å². The van der Waals surface area contributed by atoms with Crippen LogP contribution in [0.3, 0.4) is 0 Å². The van der Waals surface area contributed by atoms with E-state index in [0.29, 0.717) is 25.6 Å². The minimum atomic E-state index is -0.733. The van der Waals surface area contributed by atoms with E-state index in [1.165, 1.54) is 0 Å². The number of ether oxygens (including phenoxy) is 3. The normalized spacial score (nSPS) is 21.4. The molecule has 258 valence electrons. The van der Waals surface area contributed by atoms with Crippen molar-refractivity contribution in [1.82, 2.24) is 24.9 Å². The summed E-state index contributed by atoms with van der Waals surface area (Å²) in [6, 6.07) is 16.4. The number of nitrogens with zero attached hydrogens (tertiary/aromatic N) is 4. The number of amides is 3. The largest absolute Gasteiger partial charge is 0.445 e. The van der Waals surface area contributed by atoms with Crippen LogP contribution in [0.5, 0.6) is 0 Å². The Hall–Kier alpha value is -4.12. The Bertz CT molecular complexity index is 1600. The van der Waals surface area contributed by atoms with Crippen LogP contribution in [-0.2, 0) is 20.8 Å². The number of piperazine rings is 1. The monoisotopic (exact) mass is 659 g/mol. The van der Waals surface area contributed by atoms with Crippen molar-refractivity contribution in [3.05, 3.63) is 65.4 Å². The van der Waals surface area contributed by atoms with Crippen molar-refractivity contribution in [2.75, 3.05) is 26.2 Å². The highest BCUT2D eigenvalue weighted by Gasteiger charge is 2.40. The van der Waals surface area contributed by atoms with Crippen molar-refractivity contribution < 1.29 is 28.6 Å². The molecule has 3 aromatic rings. The van der Waals surface area contributed by atoms with E-state index < -0.39 is 23.4 Å². The number of nitrogens with one attached hydrogen (secondary N) is 1. The van der Waals surface area contributed by atoms with Crippen molar-refractivity contribution in [3.8, 4) is 0 Å². The molecule has 1 aliphatic heterocycles. The standard InChI is InChI=1S/C37H49N5O6/c1-36(2,3)47-34(44)41(35(45)48-37(4,5)6)21-25-18-28(19-25)42-31-15-14-27(20-29(31)32(39-42)26-12-13-26)30-22-40(17-16-38-30)33(43)46-23-24-10-8-7-9-11-24/h7-11,14-15,20,25-26,28,30,38H,12-13,16-19,21-23H2,1-6H3. The molecule has 3 fully saturated rings. The fourth-order valence-corrected chi connectivity index (χ4v) is 6.45. The zero-order valence-corrected chi connectivity index (χ0v) is 29.0. The van der Waals surface area contributed by atoms with Gasteiger partial charge in [-0.25, -0.2) is 19.3 Å². The van der Waals surface area contributed by atoms with Gasteiger partial charge in [-0.2, -0.15) is 5.10 Å². The molecule has 2 heterocycles. The first-order valence-electron chi connectivity index (χ1n) is 17.2. The fourth-order valence-electron chi connectivity index (χ4n) is 6.45. The number of carbonyl (C=O) groups excluding carboxylic acids is 3. The van der Waals surface area contributed by atoms with Crippen molar-refractivity contribution >= 4 is 29.2 Å². The van der Waals surface area contributed by atoms with Gasteiger partial charge in [-0.15, -0.1) is 0 Å². The van der Waals surface area contributed by atoms with E-state index in [0.717, 1.165) is 58.3 Å². The highest BCUT2D eigenvalue weighted by Crippen LogP contribution is 2.46. The zero-order valence-electron chi connectivity index (χ0n) is 29.0. The van der Waals surface area contributed by atoms with Crippen LogP contribution in [0.25, 0.3) is 10.9 Å². The highest BCUT2D eigenvalue weighted by atomic mass is 16.6. The first-order chi connectivity index (χ1) is 22.7. The molecule has 6 rings (SSSR count). The molecule has 3 amide bonds. The summed E-state index contributed by atoms with van der Waals surface area (Å²) >= 11 is 0. The first kappa shape index (κ1) is 33.8. The molecule has 3 aliphatic rings. The van der Waals surface area contributed by atoms with E-state index >= 15 is 0 Å². The van der Waals surface area contributed by atoms with Crippen LogP contribution in [0.15, 0.2) is 48.5 Å². The summed E-state index contributed by atoms with van der Waals surface area (Å²) in [5.74, 6) is 0.565. The lowest BCUT2D eigenvalue weighted by Gasteiger charge is -2.38. The molecule has 0 spiro atoms. The molecule has 1 aromatic heterocycles. The second kappa shape index (κ2) is 13.4.